The normalized spacial score (nSPS) is 13.2. The Kier molecular flexibility index (Phi) is 8.22. The summed E-state index contributed by atoms with van der Waals surface area (Å²) in [5.41, 5.74) is 0.664. The lowest BCUT2D eigenvalue weighted by atomic mass is 9.91. The molecule has 0 radical (unpaired) electrons. The number of aliphatic hydroxyl groups excluding tert-OH is 1. The fraction of sp³-hybridized carbons (Fsp3) is 0.529. The number of carbonyl (C=O) groups excluding carboxylic acids is 2. The Morgan fingerprint density at radius 1 is 1.09 bits per heavy atom. The van der Waals surface area contributed by atoms with Crippen LogP contribution in [-0.2, 0) is 19.1 Å². The van der Waals surface area contributed by atoms with Crippen LogP contribution in [-0.4, -0.2) is 30.3 Å². The third kappa shape index (κ3) is 5.85. The molecule has 0 amide bonds. The van der Waals surface area contributed by atoms with E-state index in [0.717, 1.165) is 0 Å². The first-order valence-corrected chi connectivity index (χ1v) is 7.65. The molecule has 1 N–H and O–H groups in total. The Labute approximate surface area is 131 Å². The number of ether oxygens (including phenoxy) is 2. The monoisotopic (exact) mass is 308 g/mol. The summed E-state index contributed by atoms with van der Waals surface area (Å²) in [6.45, 7) is 4.07. The lowest BCUT2D eigenvalue weighted by Gasteiger charge is -2.21. The first kappa shape index (κ1) is 18.2. The number of esters is 2. The van der Waals surface area contributed by atoms with E-state index in [2.05, 4.69) is 0 Å². The van der Waals surface area contributed by atoms with E-state index in [1.165, 1.54) is 0 Å². The second kappa shape index (κ2) is 9.95. The molecule has 5 heteroatoms. The van der Waals surface area contributed by atoms with Crippen LogP contribution in [0.5, 0.6) is 0 Å². The van der Waals surface area contributed by atoms with E-state index < -0.39 is 18.0 Å². The van der Waals surface area contributed by atoms with E-state index in [-0.39, 0.29) is 19.0 Å². The standard InChI is InChI=1S/C17H24O5/c1-3-21-15(18)12-8-11-14(17(20)22-4-2)16(19)13-9-6-5-7-10-13/h5-7,9-10,14,16,19H,3-4,8,11-12H2,1-2H3. The third-order valence-corrected chi connectivity index (χ3v) is 3.31. The average molecular weight is 308 g/mol. The molecule has 0 aliphatic heterocycles. The minimum Gasteiger partial charge on any atom is -0.466 e. The molecule has 1 aromatic carbocycles. The Bertz CT molecular complexity index is 457. The van der Waals surface area contributed by atoms with Crippen molar-refractivity contribution in [3.05, 3.63) is 35.9 Å². The first-order valence-electron chi connectivity index (χ1n) is 7.65. The van der Waals surface area contributed by atoms with E-state index in [4.69, 9.17) is 9.47 Å². The molecule has 1 aromatic rings. The summed E-state index contributed by atoms with van der Waals surface area (Å²) >= 11 is 0. The Morgan fingerprint density at radius 3 is 2.32 bits per heavy atom. The SMILES string of the molecule is CCOC(=O)CCCC(C(=O)OCC)C(O)c1ccccc1. The van der Waals surface area contributed by atoms with Gasteiger partial charge in [0.05, 0.1) is 25.2 Å². The van der Waals surface area contributed by atoms with Crippen molar-refractivity contribution in [3.8, 4) is 0 Å². The molecule has 0 heterocycles. The van der Waals surface area contributed by atoms with Crippen molar-refractivity contribution < 1.29 is 24.2 Å². The molecule has 0 spiro atoms. The third-order valence-electron chi connectivity index (χ3n) is 3.31. The molecule has 1 rings (SSSR count). The van der Waals surface area contributed by atoms with Crippen molar-refractivity contribution in [2.24, 2.45) is 5.92 Å². The number of rotatable bonds is 9. The van der Waals surface area contributed by atoms with Gasteiger partial charge in [-0.2, -0.15) is 0 Å². The van der Waals surface area contributed by atoms with Gasteiger partial charge in [0.15, 0.2) is 0 Å². The van der Waals surface area contributed by atoms with Gasteiger partial charge in [0.25, 0.3) is 0 Å². The number of benzene rings is 1. The smallest absolute Gasteiger partial charge is 0.311 e. The lowest BCUT2D eigenvalue weighted by molar-refractivity contribution is -0.153. The molecule has 0 saturated heterocycles. The summed E-state index contributed by atoms with van der Waals surface area (Å²) in [7, 11) is 0. The molecule has 5 nitrogen and oxygen atoms in total. The minimum atomic E-state index is -0.942. The maximum atomic E-state index is 12.1. The van der Waals surface area contributed by atoms with Crippen LogP contribution in [0.2, 0.25) is 0 Å². The molecule has 0 bridgehead atoms. The highest BCUT2D eigenvalue weighted by atomic mass is 16.5. The van der Waals surface area contributed by atoms with Gasteiger partial charge in [0.1, 0.15) is 0 Å². The van der Waals surface area contributed by atoms with Crippen LogP contribution >= 0.6 is 0 Å². The van der Waals surface area contributed by atoms with Crippen molar-refractivity contribution in [2.75, 3.05) is 13.2 Å². The zero-order chi connectivity index (χ0) is 16.4. The van der Waals surface area contributed by atoms with Crippen LogP contribution in [0.25, 0.3) is 0 Å². The van der Waals surface area contributed by atoms with Crippen LogP contribution in [0.1, 0.15) is 44.8 Å². The molecule has 122 valence electrons. The van der Waals surface area contributed by atoms with Gasteiger partial charge in [0, 0.05) is 6.42 Å². The molecule has 2 atom stereocenters. The second-order valence-electron chi connectivity index (χ2n) is 4.91. The van der Waals surface area contributed by atoms with Crippen molar-refractivity contribution in [1.29, 1.82) is 0 Å². The molecule has 22 heavy (non-hydrogen) atoms. The van der Waals surface area contributed by atoms with E-state index in [0.29, 0.717) is 25.0 Å². The van der Waals surface area contributed by atoms with Gasteiger partial charge in [0.2, 0.25) is 0 Å². The summed E-state index contributed by atoms with van der Waals surface area (Å²) < 4.78 is 9.90. The topological polar surface area (TPSA) is 72.8 Å². The summed E-state index contributed by atoms with van der Waals surface area (Å²) in [4.78, 5) is 23.4. The molecule has 2 unspecified atom stereocenters. The number of aliphatic hydroxyl groups is 1. The van der Waals surface area contributed by atoms with E-state index >= 15 is 0 Å². The maximum Gasteiger partial charge on any atom is 0.311 e. The van der Waals surface area contributed by atoms with Crippen LogP contribution < -0.4 is 0 Å². The average Bonchev–Trinajstić information content (AvgIpc) is 2.52. The Morgan fingerprint density at radius 2 is 1.73 bits per heavy atom. The molecule has 0 aliphatic carbocycles. The lowest BCUT2D eigenvalue weighted by Crippen LogP contribution is -2.25. The molecule has 0 saturated carbocycles. The largest absolute Gasteiger partial charge is 0.466 e. The van der Waals surface area contributed by atoms with Crippen molar-refractivity contribution in [2.45, 2.75) is 39.2 Å². The highest BCUT2D eigenvalue weighted by molar-refractivity contribution is 5.73. The predicted molar refractivity (Wildman–Crippen MR) is 82.0 cm³/mol. The van der Waals surface area contributed by atoms with Gasteiger partial charge in [-0.1, -0.05) is 30.3 Å². The van der Waals surface area contributed by atoms with Crippen molar-refractivity contribution in [3.63, 3.8) is 0 Å². The number of hydrogen-bond donors (Lipinski definition) is 1. The first-order chi connectivity index (χ1) is 10.6. The molecule has 0 fully saturated rings. The van der Waals surface area contributed by atoms with Crippen LogP contribution in [0.15, 0.2) is 30.3 Å². The zero-order valence-corrected chi connectivity index (χ0v) is 13.2. The molecular weight excluding hydrogens is 284 g/mol. The van der Waals surface area contributed by atoms with E-state index in [1.54, 1.807) is 38.1 Å². The van der Waals surface area contributed by atoms with Crippen LogP contribution in [0.3, 0.4) is 0 Å². The van der Waals surface area contributed by atoms with Gasteiger partial charge in [-0.15, -0.1) is 0 Å². The minimum absolute atomic E-state index is 0.227. The zero-order valence-electron chi connectivity index (χ0n) is 13.2. The molecular formula is C17H24O5. The number of carbonyl (C=O) groups is 2. The highest BCUT2D eigenvalue weighted by Gasteiger charge is 2.29. The van der Waals surface area contributed by atoms with E-state index in [9.17, 15) is 14.7 Å². The Balaban J connectivity index is 2.67. The second-order valence-corrected chi connectivity index (χ2v) is 4.91. The van der Waals surface area contributed by atoms with E-state index in [1.807, 2.05) is 6.07 Å². The molecule has 0 aliphatic rings. The van der Waals surface area contributed by atoms with Gasteiger partial charge >= 0.3 is 11.9 Å². The van der Waals surface area contributed by atoms with Gasteiger partial charge in [-0.3, -0.25) is 9.59 Å². The van der Waals surface area contributed by atoms with Gasteiger partial charge in [-0.05, 0) is 32.3 Å². The maximum absolute atomic E-state index is 12.1. The van der Waals surface area contributed by atoms with Gasteiger partial charge < -0.3 is 14.6 Å². The fourth-order valence-corrected chi connectivity index (χ4v) is 2.24. The summed E-state index contributed by atoms with van der Waals surface area (Å²) in [5.74, 6) is -1.42. The van der Waals surface area contributed by atoms with Gasteiger partial charge in [-0.25, -0.2) is 0 Å². The van der Waals surface area contributed by atoms with Crippen molar-refractivity contribution in [1.82, 2.24) is 0 Å². The van der Waals surface area contributed by atoms with Crippen molar-refractivity contribution >= 4 is 11.9 Å². The Hall–Kier alpha value is -1.88. The highest BCUT2D eigenvalue weighted by Crippen LogP contribution is 2.27. The quantitative estimate of drug-likeness (QED) is 0.710. The predicted octanol–water partition coefficient (Wildman–Crippen LogP) is 2.63. The van der Waals surface area contributed by atoms with Crippen LogP contribution in [0.4, 0.5) is 0 Å². The molecule has 0 aromatic heterocycles. The summed E-state index contributed by atoms with van der Waals surface area (Å²) in [6, 6.07) is 8.99. The fourth-order valence-electron chi connectivity index (χ4n) is 2.24. The van der Waals surface area contributed by atoms with Crippen LogP contribution in [0, 0.1) is 5.92 Å². The summed E-state index contributed by atoms with van der Waals surface area (Å²) in [5, 5.41) is 10.4. The summed E-state index contributed by atoms with van der Waals surface area (Å²) in [6.07, 6.45) is 0.119. The number of hydrogen-bond acceptors (Lipinski definition) is 5.